The Hall–Kier alpha value is -0.710. The number of benzene rings is 1. The number of carbonyl (C=O) groups is 1. The van der Waals surface area contributed by atoms with Gasteiger partial charge in [0.1, 0.15) is 0 Å². The van der Waals surface area contributed by atoms with Gasteiger partial charge in [0.05, 0.1) is 0 Å². The maximum atomic E-state index is 11.7. The Morgan fingerprint density at radius 3 is 2.70 bits per heavy atom. The molecule has 2 N–H and O–H groups in total. The third-order valence-corrected chi connectivity index (χ3v) is 4.32. The van der Waals surface area contributed by atoms with Crippen LogP contribution in [0.15, 0.2) is 29.2 Å². The van der Waals surface area contributed by atoms with Gasteiger partial charge in [-0.3, -0.25) is 4.79 Å². The van der Waals surface area contributed by atoms with E-state index in [-0.39, 0.29) is 18.6 Å². The molecule has 1 atom stereocenters. The van der Waals surface area contributed by atoms with Crippen molar-refractivity contribution in [2.45, 2.75) is 43.5 Å². The molecular formula is C15H22ClNO2S. The maximum absolute atomic E-state index is 11.7. The summed E-state index contributed by atoms with van der Waals surface area (Å²) in [6.45, 7) is 2.13. The van der Waals surface area contributed by atoms with Gasteiger partial charge in [0, 0.05) is 29.0 Å². The van der Waals surface area contributed by atoms with Gasteiger partial charge < -0.3 is 10.4 Å². The summed E-state index contributed by atoms with van der Waals surface area (Å²) in [5.74, 6) is 0.980. The Labute approximate surface area is 130 Å². The molecule has 20 heavy (non-hydrogen) atoms. The van der Waals surface area contributed by atoms with Crippen LogP contribution in [-0.4, -0.2) is 29.4 Å². The van der Waals surface area contributed by atoms with E-state index in [1.54, 1.807) is 11.8 Å². The summed E-state index contributed by atoms with van der Waals surface area (Å²) in [7, 11) is 0. The van der Waals surface area contributed by atoms with Crippen molar-refractivity contribution >= 4 is 29.3 Å². The smallest absolute Gasteiger partial charge is 0.220 e. The quantitative estimate of drug-likeness (QED) is 0.542. The molecule has 0 aromatic heterocycles. The third-order valence-electron chi connectivity index (χ3n) is 2.97. The van der Waals surface area contributed by atoms with E-state index in [1.807, 2.05) is 31.2 Å². The minimum Gasteiger partial charge on any atom is -0.396 e. The summed E-state index contributed by atoms with van der Waals surface area (Å²) in [4.78, 5) is 12.9. The number of aliphatic hydroxyl groups is 1. The molecule has 1 aromatic rings. The van der Waals surface area contributed by atoms with Crippen molar-refractivity contribution in [3.63, 3.8) is 0 Å². The molecule has 0 aliphatic heterocycles. The van der Waals surface area contributed by atoms with E-state index in [4.69, 9.17) is 16.7 Å². The Balaban J connectivity index is 2.17. The van der Waals surface area contributed by atoms with Crippen molar-refractivity contribution in [2.75, 3.05) is 12.4 Å². The van der Waals surface area contributed by atoms with Crippen LogP contribution in [0.25, 0.3) is 0 Å². The number of hydrogen-bond acceptors (Lipinski definition) is 3. The second-order valence-electron chi connectivity index (χ2n) is 4.59. The molecule has 0 spiro atoms. The zero-order valence-electron chi connectivity index (χ0n) is 11.8. The molecule has 1 amide bonds. The normalized spacial score (nSPS) is 12.2. The lowest BCUT2D eigenvalue weighted by Crippen LogP contribution is -2.34. The minimum absolute atomic E-state index is 0.0713. The summed E-state index contributed by atoms with van der Waals surface area (Å²) in [5, 5.41) is 12.6. The molecule has 0 bridgehead atoms. The molecule has 0 saturated carbocycles. The van der Waals surface area contributed by atoms with Crippen LogP contribution in [0.3, 0.4) is 0 Å². The van der Waals surface area contributed by atoms with E-state index in [9.17, 15) is 4.79 Å². The lowest BCUT2D eigenvalue weighted by molar-refractivity contribution is -0.121. The summed E-state index contributed by atoms with van der Waals surface area (Å²) in [5.41, 5.74) is 0. The summed E-state index contributed by atoms with van der Waals surface area (Å²) in [6.07, 6.45) is 2.85. The van der Waals surface area contributed by atoms with E-state index < -0.39 is 0 Å². The highest BCUT2D eigenvalue weighted by atomic mass is 35.5. The molecule has 1 aromatic carbocycles. The topological polar surface area (TPSA) is 49.3 Å². The predicted octanol–water partition coefficient (Wildman–Crippen LogP) is 3.49. The molecule has 5 heteroatoms. The number of halogens is 1. The lowest BCUT2D eigenvalue weighted by Gasteiger charge is -2.15. The molecule has 112 valence electrons. The van der Waals surface area contributed by atoms with Crippen molar-refractivity contribution < 1.29 is 9.90 Å². The molecule has 1 rings (SSSR count). The molecule has 0 radical (unpaired) electrons. The van der Waals surface area contributed by atoms with Crippen LogP contribution >= 0.6 is 23.4 Å². The first kappa shape index (κ1) is 17.3. The number of aliphatic hydroxyl groups excluding tert-OH is 1. The zero-order chi connectivity index (χ0) is 14.8. The molecule has 0 saturated heterocycles. The number of rotatable bonds is 9. The summed E-state index contributed by atoms with van der Waals surface area (Å²) < 4.78 is 0. The number of amides is 1. The largest absolute Gasteiger partial charge is 0.396 e. The van der Waals surface area contributed by atoms with Crippen molar-refractivity contribution in [3.8, 4) is 0 Å². The average molecular weight is 316 g/mol. The van der Waals surface area contributed by atoms with Crippen LogP contribution in [0.5, 0.6) is 0 Å². The van der Waals surface area contributed by atoms with Crippen molar-refractivity contribution in [3.05, 3.63) is 29.3 Å². The highest BCUT2D eigenvalue weighted by Gasteiger charge is 2.09. The molecule has 3 nitrogen and oxygen atoms in total. The zero-order valence-corrected chi connectivity index (χ0v) is 13.3. The number of nitrogens with one attached hydrogen (secondary N) is 1. The first-order valence-electron chi connectivity index (χ1n) is 6.94. The van der Waals surface area contributed by atoms with Crippen LogP contribution in [0.2, 0.25) is 5.02 Å². The monoisotopic (exact) mass is 315 g/mol. The first-order valence-corrected chi connectivity index (χ1v) is 8.30. The second kappa shape index (κ2) is 10.1. The molecular weight excluding hydrogens is 294 g/mol. The highest BCUT2D eigenvalue weighted by molar-refractivity contribution is 7.99. The second-order valence-corrected chi connectivity index (χ2v) is 6.20. The van der Waals surface area contributed by atoms with Gasteiger partial charge in [0.2, 0.25) is 5.91 Å². The van der Waals surface area contributed by atoms with Gasteiger partial charge >= 0.3 is 0 Å². The van der Waals surface area contributed by atoms with E-state index in [0.29, 0.717) is 12.8 Å². The third kappa shape index (κ3) is 7.17. The van der Waals surface area contributed by atoms with Crippen LogP contribution in [0, 0.1) is 0 Å². The van der Waals surface area contributed by atoms with E-state index in [2.05, 4.69) is 5.32 Å². The van der Waals surface area contributed by atoms with Gasteiger partial charge in [0.15, 0.2) is 0 Å². The molecule has 0 heterocycles. The van der Waals surface area contributed by atoms with Crippen LogP contribution < -0.4 is 5.32 Å². The van der Waals surface area contributed by atoms with Crippen molar-refractivity contribution in [1.29, 1.82) is 0 Å². The van der Waals surface area contributed by atoms with Gasteiger partial charge in [-0.25, -0.2) is 0 Å². The Morgan fingerprint density at radius 1 is 1.40 bits per heavy atom. The van der Waals surface area contributed by atoms with Crippen LogP contribution in [0.1, 0.15) is 32.6 Å². The van der Waals surface area contributed by atoms with Crippen LogP contribution in [0.4, 0.5) is 0 Å². The summed E-state index contributed by atoms with van der Waals surface area (Å²) in [6, 6.07) is 7.81. The predicted molar refractivity (Wildman–Crippen MR) is 85.3 cm³/mol. The maximum Gasteiger partial charge on any atom is 0.220 e. The van der Waals surface area contributed by atoms with Gasteiger partial charge in [-0.2, -0.15) is 0 Å². The fraction of sp³-hybridized carbons (Fsp3) is 0.533. The van der Waals surface area contributed by atoms with Gasteiger partial charge in [0.25, 0.3) is 0 Å². The molecule has 0 aliphatic rings. The first-order chi connectivity index (χ1) is 9.65. The molecule has 0 fully saturated rings. The number of carbonyl (C=O) groups excluding carboxylic acids is 1. The van der Waals surface area contributed by atoms with Crippen LogP contribution in [-0.2, 0) is 4.79 Å². The van der Waals surface area contributed by atoms with Crippen molar-refractivity contribution in [1.82, 2.24) is 5.32 Å². The summed E-state index contributed by atoms with van der Waals surface area (Å²) >= 11 is 7.55. The Kier molecular flexibility index (Phi) is 8.74. The fourth-order valence-electron chi connectivity index (χ4n) is 1.79. The number of thioether (sulfide) groups is 1. The minimum atomic E-state index is 0.0713. The van der Waals surface area contributed by atoms with E-state index >= 15 is 0 Å². The Morgan fingerprint density at radius 2 is 2.10 bits per heavy atom. The molecule has 0 aliphatic carbocycles. The highest BCUT2D eigenvalue weighted by Crippen LogP contribution is 2.21. The van der Waals surface area contributed by atoms with E-state index in [0.717, 1.165) is 23.6 Å². The average Bonchev–Trinajstić information content (AvgIpc) is 2.45. The Bertz CT molecular complexity index is 397. The van der Waals surface area contributed by atoms with Crippen molar-refractivity contribution in [2.24, 2.45) is 0 Å². The lowest BCUT2D eigenvalue weighted by atomic mass is 10.1. The van der Waals surface area contributed by atoms with E-state index in [1.165, 1.54) is 4.90 Å². The van der Waals surface area contributed by atoms with Gasteiger partial charge in [-0.15, -0.1) is 11.8 Å². The SMILES string of the molecule is CCC(CCO)NC(=O)CCCSc1ccc(Cl)cc1. The number of hydrogen-bond donors (Lipinski definition) is 2. The molecule has 1 unspecified atom stereocenters. The van der Waals surface area contributed by atoms with Gasteiger partial charge in [-0.05, 0) is 49.3 Å². The standard InChI is InChI=1S/C15H22ClNO2S/c1-2-13(9-10-18)17-15(19)4-3-11-20-14-7-5-12(16)6-8-14/h5-8,13,18H,2-4,9-11H2,1H3,(H,17,19). The van der Waals surface area contributed by atoms with Gasteiger partial charge in [-0.1, -0.05) is 18.5 Å². The fourth-order valence-corrected chi connectivity index (χ4v) is 2.77.